The standard InChI is InChI=1S/C16H20N2S/c1-10(2)12-5-7-13(8-6-12)16-17-14(11(3)4)9-15(19)18-16/h5-11H,1-4H3,(H,17,18,19). The summed E-state index contributed by atoms with van der Waals surface area (Å²) in [5, 5.41) is 0. The Hall–Kier alpha value is -1.48. The molecule has 0 fully saturated rings. The lowest BCUT2D eigenvalue weighted by Gasteiger charge is -2.10. The Labute approximate surface area is 119 Å². The molecular weight excluding hydrogens is 252 g/mol. The van der Waals surface area contributed by atoms with Crippen molar-refractivity contribution >= 4 is 12.2 Å². The van der Waals surface area contributed by atoms with Gasteiger partial charge in [-0.15, -0.1) is 0 Å². The first-order valence-electron chi connectivity index (χ1n) is 6.69. The monoisotopic (exact) mass is 272 g/mol. The average molecular weight is 272 g/mol. The Morgan fingerprint density at radius 3 is 2.16 bits per heavy atom. The van der Waals surface area contributed by atoms with Gasteiger partial charge in [0.1, 0.15) is 10.5 Å². The molecule has 0 radical (unpaired) electrons. The lowest BCUT2D eigenvalue weighted by atomic mass is 10.0. The molecule has 0 atom stereocenters. The molecule has 0 amide bonds. The van der Waals surface area contributed by atoms with Crippen molar-refractivity contribution in [2.45, 2.75) is 39.5 Å². The molecule has 0 saturated carbocycles. The van der Waals surface area contributed by atoms with Crippen molar-refractivity contribution in [3.05, 3.63) is 46.2 Å². The Kier molecular flexibility index (Phi) is 4.15. The van der Waals surface area contributed by atoms with Crippen LogP contribution in [0, 0.1) is 4.64 Å². The molecule has 0 aliphatic rings. The summed E-state index contributed by atoms with van der Waals surface area (Å²) < 4.78 is 0.644. The number of aromatic amines is 1. The fourth-order valence-corrected chi connectivity index (χ4v) is 2.17. The van der Waals surface area contributed by atoms with Crippen LogP contribution in [-0.2, 0) is 0 Å². The number of rotatable bonds is 3. The third-order valence-corrected chi connectivity index (χ3v) is 3.45. The number of aromatic nitrogens is 2. The lowest BCUT2D eigenvalue weighted by Crippen LogP contribution is -1.98. The SMILES string of the molecule is CC(C)c1ccc(-c2nc(=S)cc(C(C)C)[nH]2)cc1. The summed E-state index contributed by atoms with van der Waals surface area (Å²) in [5.74, 6) is 1.81. The fourth-order valence-electron chi connectivity index (χ4n) is 1.95. The number of benzene rings is 1. The van der Waals surface area contributed by atoms with Crippen molar-refractivity contribution in [1.29, 1.82) is 0 Å². The summed E-state index contributed by atoms with van der Waals surface area (Å²) in [6.07, 6.45) is 0. The van der Waals surface area contributed by atoms with E-state index in [-0.39, 0.29) is 0 Å². The van der Waals surface area contributed by atoms with E-state index < -0.39 is 0 Å². The number of hydrogen-bond donors (Lipinski definition) is 1. The van der Waals surface area contributed by atoms with Crippen LogP contribution in [0.1, 0.15) is 50.8 Å². The zero-order valence-corrected chi connectivity index (χ0v) is 12.7. The maximum atomic E-state index is 5.24. The van der Waals surface area contributed by atoms with E-state index in [2.05, 4.69) is 61.9 Å². The molecule has 2 aromatic rings. The minimum Gasteiger partial charge on any atom is -0.343 e. The molecule has 3 heteroatoms. The molecule has 1 heterocycles. The summed E-state index contributed by atoms with van der Waals surface area (Å²) in [5.41, 5.74) is 3.54. The van der Waals surface area contributed by atoms with Gasteiger partial charge in [0.15, 0.2) is 0 Å². The predicted molar refractivity (Wildman–Crippen MR) is 83.0 cm³/mol. The van der Waals surface area contributed by atoms with Crippen molar-refractivity contribution < 1.29 is 0 Å². The first-order chi connectivity index (χ1) is 8.97. The topological polar surface area (TPSA) is 28.7 Å². The third-order valence-electron chi connectivity index (χ3n) is 3.24. The Balaban J connectivity index is 2.44. The molecule has 1 aromatic heterocycles. The van der Waals surface area contributed by atoms with Crippen LogP contribution in [0.2, 0.25) is 0 Å². The van der Waals surface area contributed by atoms with Crippen LogP contribution in [0.15, 0.2) is 30.3 Å². The molecule has 0 unspecified atom stereocenters. The van der Waals surface area contributed by atoms with Crippen molar-refractivity contribution in [1.82, 2.24) is 9.97 Å². The molecule has 100 valence electrons. The Bertz CT molecular complexity index is 609. The summed E-state index contributed by atoms with van der Waals surface area (Å²) in [7, 11) is 0. The largest absolute Gasteiger partial charge is 0.343 e. The highest BCUT2D eigenvalue weighted by molar-refractivity contribution is 7.71. The second-order valence-corrected chi connectivity index (χ2v) is 5.87. The van der Waals surface area contributed by atoms with E-state index in [1.165, 1.54) is 5.56 Å². The second kappa shape index (κ2) is 5.66. The van der Waals surface area contributed by atoms with Gasteiger partial charge in [-0.1, -0.05) is 64.2 Å². The average Bonchev–Trinajstić information content (AvgIpc) is 2.38. The molecule has 0 aliphatic heterocycles. The lowest BCUT2D eigenvalue weighted by molar-refractivity contribution is 0.815. The first kappa shape index (κ1) is 13.9. The van der Waals surface area contributed by atoms with Gasteiger partial charge in [-0.2, -0.15) is 0 Å². The molecule has 1 N–H and O–H groups in total. The molecule has 2 rings (SSSR count). The highest BCUT2D eigenvalue weighted by atomic mass is 32.1. The third kappa shape index (κ3) is 3.29. The second-order valence-electron chi connectivity index (χ2n) is 5.45. The quantitative estimate of drug-likeness (QED) is 0.792. The van der Waals surface area contributed by atoms with Crippen LogP contribution in [0.25, 0.3) is 11.4 Å². The maximum absolute atomic E-state index is 5.24. The highest BCUT2D eigenvalue weighted by Crippen LogP contribution is 2.21. The first-order valence-corrected chi connectivity index (χ1v) is 7.10. The normalized spacial score (nSPS) is 11.3. The molecule has 0 saturated heterocycles. The van der Waals surface area contributed by atoms with Crippen molar-refractivity contribution in [3.63, 3.8) is 0 Å². The number of H-pyrrole nitrogens is 1. The Morgan fingerprint density at radius 2 is 1.63 bits per heavy atom. The molecule has 1 aromatic carbocycles. The zero-order valence-electron chi connectivity index (χ0n) is 11.9. The summed E-state index contributed by atoms with van der Waals surface area (Å²) >= 11 is 5.24. The summed E-state index contributed by atoms with van der Waals surface area (Å²) in [4.78, 5) is 7.79. The highest BCUT2D eigenvalue weighted by Gasteiger charge is 2.06. The number of nitrogens with one attached hydrogen (secondary N) is 1. The van der Waals surface area contributed by atoms with Gasteiger partial charge >= 0.3 is 0 Å². The molecule has 2 nitrogen and oxygen atoms in total. The van der Waals surface area contributed by atoms with Gasteiger partial charge in [0.2, 0.25) is 0 Å². The van der Waals surface area contributed by atoms with E-state index in [9.17, 15) is 0 Å². The van der Waals surface area contributed by atoms with E-state index in [1.807, 2.05) is 6.07 Å². The summed E-state index contributed by atoms with van der Waals surface area (Å²) in [6.45, 7) is 8.68. The smallest absolute Gasteiger partial charge is 0.139 e. The van der Waals surface area contributed by atoms with Gasteiger partial charge in [-0.3, -0.25) is 0 Å². The number of hydrogen-bond acceptors (Lipinski definition) is 2. The van der Waals surface area contributed by atoms with Gasteiger partial charge in [-0.05, 0) is 23.5 Å². The number of nitrogens with zero attached hydrogens (tertiary/aromatic N) is 1. The molecule has 0 bridgehead atoms. The van der Waals surface area contributed by atoms with Crippen molar-refractivity contribution in [3.8, 4) is 11.4 Å². The van der Waals surface area contributed by atoms with E-state index >= 15 is 0 Å². The molecule has 19 heavy (non-hydrogen) atoms. The molecular formula is C16H20N2S. The van der Waals surface area contributed by atoms with Gasteiger partial charge in [0, 0.05) is 11.3 Å². The molecule has 0 aliphatic carbocycles. The van der Waals surface area contributed by atoms with Crippen LogP contribution in [0.5, 0.6) is 0 Å². The fraction of sp³-hybridized carbons (Fsp3) is 0.375. The van der Waals surface area contributed by atoms with Crippen LogP contribution >= 0.6 is 12.2 Å². The van der Waals surface area contributed by atoms with Crippen molar-refractivity contribution in [2.24, 2.45) is 0 Å². The predicted octanol–water partition coefficient (Wildman–Crippen LogP) is 5.05. The van der Waals surface area contributed by atoms with Crippen molar-refractivity contribution in [2.75, 3.05) is 0 Å². The minimum atomic E-state index is 0.415. The van der Waals surface area contributed by atoms with Crippen LogP contribution < -0.4 is 0 Å². The summed E-state index contributed by atoms with van der Waals surface area (Å²) in [6, 6.07) is 10.5. The maximum Gasteiger partial charge on any atom is 0.139 e. The van der Waals surface area contributed by atoms with Gasteiger partial charge in [0.05, 0.1) is 0 Å². The van der Waals surface area contributed by atoms with Gasteiger partial charge < -0.3 is 4.98 Å². The van der Waals surface area contributed by atoms with E-state index in [0.29, 0.717) is 16.5 Å². The minimum absolute atomic E-state index is 0.415. The molecule has 0 spiro atoms. The van der Waals surface area contributed by atoms with Gasteiger partial charge in [-0.25, -0.2) is 4.98 Å². The van der Waals surface area contributed by atoms with Crippen LogP contribution in [0.3, 0.4) is 0 Å². The zero-order chi connectivity index (χ0) is 14.0. The van der Waals surface area contributed by atoms with Gasteiger partial charge in [0.25, 0.3) is 0 Å². The van der Waals surface area contributed by atoms with Crippen LogP contribution in [-0.4, -0.2) is 9.97 Å². The van der Waals surface area contributed by atoms with E-state index in [0.717, 1.165) is 17.1 Å². The van der Waals surface area contributed by atoms with Crippen LogP contribution in [0.4, 0.5) is 0 Å². The van der Waals surface area contributed by atoms with E-state index in [4.69, 9.17) is 12.2 Å². The van der Waals surface area contributed by atoms with E-state index in [1.54, 1.807) is 0 Å². The Morgan fingerprint density at radius 1 is 1.00 bits per heavy atom.